The number of hydrogen-bond acceptors (Lipinski definition) is 2. The largest absolute Gasteiger partial charge is 0.350 e. The molecule has 0 aromatic heterocycles. The molecule has 0 unspecified atom stereocenters. The van der Waals surface area contributed by atoms with Gasteiger partial charge in [0, 0.05) is 17.1 Å². The number of benzene rings is 1. The van der Waals surface area contributed by atoms with Crippen molar-refractivity contribution >= 4 is 17.5 Å². The summed E-state index contributed by atoms with van der Waals surface area (Å²) in [5.41, 5.74) is 0.857. The third-order valence-electron chi connectivity index (χ3n) is 2.68. The molecular weight excluding hydrogens is 260 g/mol. The maximum Gasteiger partial charge on any atom is 0.234 e. The number of halogens is 1. The molecule has 0 aliphatic heterocycles. The summed E-state index contributed by atoms with van der Waals surface area (Å²) in [5.74, 6) is 0.0430. The Bertz CT molecular complexity index is 426. The highest BCUT2D eigenvalue weighted by atomic mass is 35.5. The molecular formula is C15H23ClN2O. The highest BCUT2D eigenvalue weighted by molar-refractivity contribution is 6.31. The van der Waals surface area contributed by atoms with E-state index in [0.717, 1.165) is 17.1 Å². The Morgan fingerprint density at radius 2 is 1.95 bits per heavy atom. The van der Waals surface area contributed by atoms with Crippen LogP contribution in [0.2, 0.25) is 5.02 Å². The fourth-order valence-corrected chi connectivity index (χ4v) is 2.00. The second-order valence-electron chi connectivity index (χ2n) is 5.69. The lowest BCUT2D eigenvalue weighted by Crippen LogP contribution is -2.45. The molecule has 0 spiro atoms. The Hall–Kier alpha value is -1.06. The van der Waals surface area contributed by atoms with E-state index in [2.05, 4.69) is 10.2 Å². The zero-order chi connectivity index (χ0) is 14.5. The highest BCUT2D eigenvalue weighted by Crippen LogP contribution is 2.16. The minimum absolute atomic E-state index is 0.0430. The van der Waals surface area contributed by atoms with Crippen molar-refractivity contribution < 1.29 is 4.79 Å². The minimum atomic E-state index is -0.194. The number of rotatable bonds is 5. The van der Waals surface area contributed by atoms with Gasteiger partial charge in [0.1, 0.15) is 0 Å². The van der Waals surface area contributed by atoms with Crippen LogP contribution in [-0.2, 0) is 11.3 Å². The predicted octanol–water partition coefficient (Wildman–Crippen LogP) is 3.08. The van der Waals surface area contributed by atoms with Gasteiger partial charge in [0.2, 0.25) is 5.91 Å². The Labute approximate surface area is 120 Å². The summed E-state index contributed by atoms with van der Waals surface area (Å²) in [6.45, 7) is 9.87. The molecule has 106 valence electrons. The number of likely N-dealkylation sites (N-methyl/N-ethyl adjacent to an activating group) is 1. The van der Waals surface area contributed by atoms with Crippen LogP contribution in [0.4, 0.5) is 0 Å². The van der Waals surface area contributed by atoms with E-state index in [1.807, 2.05) is 52.0 Å². The molecule has 0 fully saturated rings. The first kappa shape index (κ1) is 16.0. The molecule has 1 amide bonds. The third kappa shape index (κ3) is 6.08. The Balaban J connectivity index is 2.60. The fraction of sp³-hybridized carbons (Fsp3) is 0.533. The molecule has 0 aliphatic rings. The van der Waals surface area contributed by atoms with Crippen LogP contribution in [0.5, 0.6) is 0 Å². The van der Waals surface area contributed by atoms with Crippen LogP contribution >= 0.6 is 11.6 Å². The maximum absolute atomic E-state index is 11.9. The smallest absolute Gasteiger partial charge is 0.234 e. The standard InChI is InChI=1S/C15H23ClN2O/c1-5-18(11-14(19)17-15(2,3)4)10-12-8-6-7-9-13(12)16/h6-9H,5,10-11H2,1-4H3,(H,17,19). The topological polar surface area (TPSA) is 32.3 Å². The fourth-order valence-electron chi connectivity index (χ4n) is 1.81. The molecule has 1 N–H and O–H groups in total. The quantitative estimate of drug-likeness (QED) is 0.900. The number of nitrogens with one attached hydrogen (secondary N) is 1. The van der Waals surface area contributed by atoms with E-state index >= 15 is 0 Å². The van der Waals surface area contributed by atoms with Crippen molar-refractivity contribution in [2.24, 2.45) is 0 Å². The van der Waals surface area contributed by atoms with Crippen LogP contribution in [0.1, 0.15) is 33.3 Å². The highest BCUT2D eigenvalue weighted by Gasteiger charge is 2.16. The lowest BCUT2D eigenvalue weighted by Gasteiger charge is -2.25. The summed E-state index contributed by atoms with van der Waals surface area (Å²) >= 11 is 6.14. The summed E-state index contributed by atoms with van der Waals surface area (Å²) in [6, 6.07) is 7.74. The molecule has 0 bridgehead atoms. The van der Waals surface area contributed by atoms with Crippen LogP contribution < -0.4 is 5.32 Å². The Morgan fingerprint density at radius 3 is 2.47 bits per heavy atom. The molecule has 1 aromatic rings. The monoisotopic (exact) mass is 282 g/mol. The molecule has 1 rings (SSSR count). The second kappa shape index (κ2) is 6.92. The molecule has 0 atom stereocenters. The molecule has 0 aliphatic carbocycles. The summed E-state index contributed by atoms with van der Waals surface area (Å²) in [5, 5.41) is 3.72. The van der Waals surface area contributed by atoms with Crippen molar-refractivity contribution in [3.05, 3.63) is 34.9 Å². The van der Waals surface area contributed by atoms with Gasteiger partial charge in [-0.2, -0.15) is 0 Å². The van der Waals surface area contributed by atoms with Crippen molar-refractivity contribution in [1.29, 1.82) is 0 Å². The molecule has 0 heterocycles. The molecule has 0 radical (unpaired) electrons. The van der Waals surface area contributed by atoms with Crippen LogP contribution in [0, 0.1) is 0 Å². The number of carbonyl (C=O) groups is 1. The van der Waals surface area contributed by atoms with Crippen LogP contribution in [0.25, 0.3) is 0 Å². The van der Waals surface area contributed by atoms with Crippen LogP contribution in [0.15, 0.2) is 24.3 Å². The van der Waals surface area contributed by atoms with Crippen molar-refractivity contribution in [3.8, 4) is 0 Å². The number of carbonyl (C=O) groups excluding carboxylic acids is 1. The molecule has 3 nitrogen and oxygen atoms in total. The van der Waals surface area contributed by atoms with Gasteiger partial charge in [-0.1, -0.05) is 36.7 Å². The Morgan fingerprint density at radius 1 is 1.32 bits per heavy atom. The van der Waals surface area contributed by atoms with Gasteiger partial charge < -0.3 is 5.32 Å². The Kier molecular flexibility index (Phi) is 5.83. The first-order valence-corrected chi connectivity index (χ1v) is 6.96. The van der Waals surface area contributed by atoms with Gasteiger partial charge in [-0.25, -0.2) is 0 Å². The lowest BCUT2D eigenvalue weighted by molar-refractivity contribution is -0.123. The first-order chi connectivity index (χ1) is 8.81. The molecule has 0 saturated heterocycles. The van der Waals surface area contributed by atoms with Crippen molar-refractivity contribution in [2.75, 3.05) is 13.1 Å². The summed E-state index contributed by atoms with van der Waals surface area (Å²) in [4.78, 5) is 14.0. The van der Waals surface area contributed by atoms with E-state index in [9.17, 15) is 4.79 Å². The van der Waals surface area contributed by atoms with Crippen molar-refractivity contribution in [1.82, 2.24) is 10.2 Å². The van der Waals surface area contributed by atoms with Crippen molar-refractivity contribution in [2.45, 2.75) is 39.8 Å². The zero-order valence-corrected chi connectivity index (χ0v) is 12.9. The van der Waals surface area contributed by atoms with Crippen molar-refractivity contribution in [3.63, 3.8) is 0 Å². The first-order valence-electron chi connectivity index (χ1n) is 6.58. The van der Waals surface area contributed by atoms with E-state index in [-0.39, 0.29) is 11.4 Å². The van der Waals surface area contributed by atoms with Gasteiger partial charge in [-0.15, -0.1) is 0 Å². The number of hydrogen-bond donors (Lipinski definition) is 1. The zero-order valence-electron chi connectivity index (χ0n) is 12.2. The molecule has 0 saturated carbocycles. The van der Waals surface area contributed by atoms with E-state index in [1.165, 1.54) is 0 Å². The van der Waals surface area contributed by atoms with Gasteiger partial charge >= 0.3 is 0 Å². The van der Waals surface area contributed by atoms with Crippen LogP contribution in [0.3, 0.4) is 0 Å². The maximum atomic E-state index is 11.9. The van der Waals surface area contributed by atoms with E-state index in [4.69, 9.17) is 11.6 Å². The lowest BCUT2D eigenvalue weighted by atomic mass is 10.1. The third-order valence-corrected chi connectivity index (χ3v) is 3.05. The van der Waals surface area contributed by atoms with Gasteiger partial charge in [-0.05, 0) is 38.9 Å². The average Bonchev–Trinajstić information content (AvgIpc) is 2.28. The number of nitrogens with zero attached hydrogens (tertiary/aromatic N) is 1. The number of amides is 1. The second-order valence-corrected chi connectivity index (χ2v) is 6.10. The summed E-state index contributed by atoms with van der Waals surface area (Å²) in [7, 11) is 0. The summed E-state index contributed by atoms with van der Waals surface area (Å²) < 4.78 is 0. The minimum Gasteiger partial charge on any atom is -0.350 e. The van der Waals surface area contributed by atoms with Gasteiger partial charge in [0.25, 0.3) is 0 Å². The van der Waals surface area contributed by atoms with E-state index in [1.54, 1.807) is 0 Å². The SMILES string of the molecule is CCN(CC(=O)NC(C)(C)C)Cc1ccccc1Cl. The van der Waals surface area contributed by atoms with E-state index < -0.39 is 0 Å². The van der Waals surface area contributed by atoms with Gasteiger partial charge in [0.15, 0.2) is 0 Å². The van der Waals surface area contributed by atoms with E-state index in [0.29, 0.717) is 13.1 Å². The normalized spacial score (nSPS) is 11.7. The average molecular weight is 283 g/mol. The van der Waals surface area contributed by atoms with Crippen LogP contribution in [-0.4, -0.2) is 29.4 Å². The predicted molar refractivity (Wildman–Crippen MR) is 80.3 cm³/mol. The molecule has 1 aromatic carbocycles. The van der Waals surface area contributed by atoms with Gasteiger partial charge in [0.05, 0.1) is 6.54 Å². The molecule has 4 heteroatoms. The molecule has 19 heavy (non-hydrogen) atoms. The summed E-state index contributed by atoms with van der Waals surface area (Å²) in [6.07, 6.45) is 0. The van der Waals surface area contributed by atoms with Gasteiger partial charge in [-0.3, -0.25) is 9.69 Å².